The van der Waals surface area contributed by atoms with Crippen LogP contribution in [-0.2, 0) is 13.0 Å². The molecule has 3 rings (SSSR count). The number of carbonyl (C=O) groups excluding carboxylic acids is 1. The minimum Gasteiger partial charge on any atom is -0.345 e. The highest BCUT2D eigenvalue weighted by Gasteiger charge is 2.27. The molecule has 2 aromatic rings. The summed E-state index contributed by atoms with van der Waals surface area (Å²) in [6.07, 6.45) is 7.28. The molecule has 1 aliphatic rings. The number of aromatic amines is 1. The highest BCUT2D eigenvalue weighted by Crippen LogP contribution is 2.23. The van der Waals surface area contributed by atoms with Gasteiger partial charge in [-0.1, -0.05) is 37.1 Å². The Morgan fingerprint density at radius 2 is 2.32 bits per heavy atom. The quantitative estimate of drug-likeness (QED) is 0.740. The molecule has 1 fully saturated rings. The van der Waals surface area contributed by atoms with Crippen molar-refractivity contribution in [3.05, 3.63) is 52.6 Å². The van der Waals surface area contributed by atoms with Crippen LogP contribution in [0.5, 0.6) is 0 Å². The van der Waals surface area contributed by atoms with E-state index in [-0.39, 0.29) is 11.7 Å². The topological polar surface area (TPSA) is 49.0 Å². The van der Waals surface area contributed by atoms with Crippen molar-refractivity contribution in [1.29, 1.82) is 0 Å². The number of likely N-dealkylation sites (tertiary alicyclic amines) is 1. The third-order valence-electron chi connectivity index (χ3n) is 4.83. The number of aromatic nitrogens is 2. The van der Waals surface area contributed by atoms with Crippen molar-refractivity contribution in [2.75, 3.05) is 13.1 Å². The molecule has 25 heavy (non-hydrogen) atoms. The molecule has 134 valence electrons. The number of aryl methyl sites for hydroxylation is 1. The number of benzene rings is 1. The number of nitrogens with one attached hydrogen (secondary N) is 1. The van der Waals surface area contributed by atoms with E-state index >= 15 is 0 Å². The summed E-state index contributed by atoms with van der Waals surface area (Å²) in [5.41, 5.74) is 1.87. The lowest BCUT2D eigenvalue weighted by molar-refractivity contribution is 0.0810. The summed E-state index contributed by atoms with van der Waals surface area (Å²) >= 11 is 6.03. The van der Waals surface area contributed by atoms with Crippen LogP contribution in [0.2, 0.25) is 5.02 Å². The molecule has 0 saturated carbocycles. The zero-order valence-corrected chi connectivity index (χ0v) is 15.6. The average Bonchev–Trinajstić information content (AvgIpc) is 3.07. The zero-order chi connectivity index (χ0) is 17.6. The van der Waals surface area contributed by atoms with E-state index in [9.17, 15) is 4.79 Å². The summed E-state index contributed by atoms with van der Waals surface area (Å²) in [5, 5.41) is 0.621. The van der Waals surface area contributed by atoms with E-state index in [1.807, 2.05) is 18.3 Å². The maximum absolute atomic E-state index is 12.8. The maximum Gasteiger partial charge on any atom is 0.167 e. The van der Waals surface area contributed by atoms with E-state index in [2.05, 4.69) is 21.8 Å². The number of Topliss-reactive ketones (excluding diaryl/α,β-unsaturated/α-hetero) is 1. The molecule has 5 heteroatoms. The third kappa shape index (κ3) is 4.93. The van der Waals surface area contributed by atoms with Crippen LogP contribution >= 0.6 is 11.6 Å². The van der Waals surface area contributed by atoms with Crippen LogP contribution < -0.4 is 0 Å². The molecule has 0 unspecified atom stereocenters. The van der Waals surface area contributed by atoms with E-state index in [4.69, 9.17) is 11.6 Å². The summed E-state index contributed by atoms with van der Waals surface area (Å²) in [5.74, 6) is 1.33. The smallest absolute Gasteiger partial charge is 0.167 e. The lowest BCUT2D eigenvalue weighted by Gasteiger charge is -2.31. The summed E-state index contributed by atoms with van der Waals surface area (Å²) in [6.45, 7) is 4.85. The number of ketones is 1. The van der Waals surface area contributed by atoms with Gasteiger partial charge in [0.1, 0.15) is 5.82 Å². The van der Waals surface area contributed by atoms with Gasteiger partial charge in [0.05, 0.1) is 0 Å². The fourth-order valence-corrected chi connectivity index (χ4v) is 3.68. The van der Waals surface area contributed by atoms with Gasteiger partial charge in [0.2, 0.25) is 0 Å². The highest BCUT2D eigenvalue weighted by molar-refractivity contribution is 6.31. The number of hydrogen-bond donors (Lipinski definition) is 1. The SMILES string of the molecule is CCCCc1ncc(CN2CCC[C@@H](C(=O)c3cccc(Cl)c3)C2)[nH]1. The van der Waals surface area contributed by atoms with Crippen LogP contribution in [0.3, 0.4) is 0 Å². The van der Waals surface area contributed by atoms with Crippen molar-refractivity contribution in [1.82, 2.24) is 14.9 Å². The second-order valence-electron chi connectivity index (χ2n) is 6.91. The maximum atomic E-state index is 12.8. The Labute approximate surface area is 154 Å². The molecule has 0 bridgehead atoms. The highest BCUT2D eigenvalue weighted by atomic mass is 35.5. The molecule has 1 N–H and O–H groups in total. The number of nitrogens with zero attached hydrogens (tertiary/aromatic N) is 2. The molecule has 1 atom stereocenters. The molecule has 1 saturated heterocycles. The number of halogens is 1. The van der Waals surface area contributed by atoms with E-state index in [0.717, 1.165) is 62.4 Å². The van der Waals surface area contributed by atoms with Gasteiger partial charge in [-0.15, -0.1) is 0 Å². The van der Waals surface area contributed by atoms with Crippen molar-refractivity contribution in [2.24, 2.45) is 5.92 Å². The molecule has 0 radical (unpaired) electrons. The lowest BCUT2D eigenvalue weighted by atomic mass is 9.90. The Balaban J connectivity index is 1.59. The first-order chi connectivity index (χ1) is 12.2. The Bertz CT molecular complexity index is 712. The molecular formula is C20H26ClN3O. The molecule has 0 aliphatic carbocycles. The van der Waals surface area contributed by atoms with E-state index in [0.29, 0.717) is 5.02 Å². The van der Waals surface area contributed by atoms with Gasteiger partial charge in [0, 0.05) is 47.9 Å². The predicted molar refractivity (Wildman–Crippen MR) is 101 cm³/mol. The van der Waals surface area contributed by atoms with Gasteiger partial charge in [0.25, 0.3) is 0 Å². The Hall–Kier alpha value is -1.65. The third-order valence-corrected chi connectivity index (χ3v) is 5.06. The summed E-state index contributed by atoms with van der Waals surface area (Å²) < 4.78 is 0. The lowest BCUT2D eigenvalue weighted by Crippen LogP contribution is -2.38. The van der Waals surface area contributed by atoms with Gasteiger partial charge in [-0.25, -0.2) is 4.98 Å². The monoisotopic (exact) mass is 359 g/mol. The van der Waals surface area contributed by atoms with Crippen molar-refractivity contribution >= 4 is 17.4 Å². The zero-order valence-electron chi connectivity index (χ0n) is 14.8. The van der Waals surface area contributed by atoms with Crippen molar-refractivity contribution in [3.63, 3.8) is 0 Å². The average molecular weight is 360 g/mol. The molecule has 1 aromatic carbocycles. The molecule has 2 heterocycles. The van der Waals surface area contributed by atoms with Gasteiger partial charge in [-0.3, -0.25) is 9.69 Å². The summed E-state index contributed by atoms with van der Waals surface area (Å²) in [4.78, 5) is 23.0. The van der Waals surface area contributed by atoms with Gasteiger partial charge in [-0.2, -0.15) is 0 Å². The van der Waals surface area contributed by atoms with Crippen LogP contribution in [0.1, 0.15) is 54.5 Å². The van der Waals surface area contributed by atoms with Gasteiger partial charge in [0.15, 0.2) is 5.78 Å². The number of H-pyrrole nitrogens is 1. The number of piperidine rings is 1. The van der Waals surface area contributed by atoms with E-state index in [1.54, 1.807) is 12.1 Å². The van der Waals surface area contributed by atoms with Crippen LogP contribution in [0.15, 0.2) is 30.5 Å². The van der Waals surface area contributed by atoms with Crippen LogP contribution in [0.25, 0.3) is 0 Å². The second-order valence-corrected chi connectivity index (χ2v) is 7.34. The molecule has 1 aromatic heterocycles. The van der Waals surface area contributed by atoms with Crippen LogP contribution in [-0.4, -0.2) is 33.7 Å². The minimum absolute atomic E-state index is 0.0506. The number of carbonyl (C=O) groups is 1. The largest absolute Gasteiger partial charge is 0.345 e. The number of hydrogen-bond acceptors (Lipinski definition) is 3. The Morgan fingerprint density at radius 1 is 1.44 bits per heavy atom. The van der Waals surface area contributed by atoms with E-state index < -0.39 is 0 Å². The molecule has 1 aliphatic heterocycles. The molecule has 0 spiro atoms. The van der Waals surface area contributed by atoms with Crippen LogP contribution in [0.4, 0.5) is 0 Å². The second kappa shape index (κ2) is 8.63. The fourth-order valence-electron chi connectivity index (χ4n) is 3.49. The van der Waals surface area contributed by atoms with Gasteiger partial charge in [-0.05, 0) is 37.9 Å². The van der Waals surface area contributed by atoms with Gasteiger partial charge < -0.3 is 4.98 Å². The fraction of sp³-hybridized carbons (Fsp3) is 0.500. The van der Waals surface area contributed by atoms with Crippen molar-refractivity contribution < 1.29 is 4.79 Å². The molecule has 0 amide bonds. The normalized spacial score (nSPS) is 18.4. The van der Waals surface area contributed by atoms with Gasteiger partial charge >= 0.3 is 0 Å². The number of unbranched alkanes of at least 4 members (excludes halogenated alkanes) is 1. The summed E-state index contributed by atoms with van der Waals surface area (Å²) in [7, 11) is 0. The molecule has 4 nitrogen and oxygen atoms in total. The minimum atomic E-state index is 0.0506. The predicted octanol–water partition coefficient (Wildman–Crippen LogP) is 4.50. The standard InChI is InChI=1S/C20H26ClN3O/c1-2-3-9-19-22-12-18(23-19)14-24-10-5-7-16(13-24)20(25)15-6-4-8-17(21)11-15/h4,6,8,11-12,16H,2-3,5,7,9-10,13-14H2,1H3,(H,22,23)/t16-/m1/s1. The van der Waals surface area contributed by atoms with E-state index in [1.165, 1.54) is 6.42 Å². The molecular weight excluding hydrogens is 334 g/mol. The number of rotatable bonds is 7. The van der Waals surface area contributed by atoms with Crippen LogP contribution in [0, 0.1) is 5.92 Å². The first-order valence-electron chi connectivity index (χ1n) is 9.20. The Kier molecular flexibility index (Phi) is 6.27. The Morgan fingerprint density at radius 3 is 3.12 bits per heavy atom. The summed E-state index contributed by atoms with van der Waals surface area (Å²) in [6, 6.07) is 7.29. The first kappa shape index (κ1) is 18.2. The first-order valence-corrected chi connectivity index (χ1v) is 9.58. The number of imidazole rings is 1. The van der Waals surface area contributed by atoms with Crippen molar-refractivity contribution in [2.45, 2.75) is 45.6 Å². The van der Waals surface area contributed by atoms with Crippen molar-refractivity contribution in [3.8, 4) is 0 Å².